The van der Waals surface area contributed by atoms with Crippen LogP contribution in [-0.4, -0.2) is 12.6 Å². The first-order chi connectivity index (χ1) is 13.1. The molecule has 0 bridgehead atoms. The molecular formula is C22H19FO4. The second-order valence-corrected chi connectivity index (χ2v) is 5.85. The van der Waals surface area contributed by atoms with Crippen molar-refractivity contribution in [3.63, 3.8) is 0 Å². The summed E-state index contributed by atoms with van der Waals surface area (Å²) in [7, 11) is 0. The standard InChI is InChI=1S/C22H19FO4/c1-16(24)25-15-22(17-5-3-2-4-6-17)27-21-13-11-20(12-14-21)26-19-9-7-18(23)8-10-19/h2-14,22H,15H2,1H3. The van der Waals surface area contributed by atoms with Gasteiger partial charge in [0.15, 0.2) is 6.10 Å². The molecule has 0 aromatic heterocycles. The number of carbonyl (C=O) groups excluding carboxylic acids is 1. The minimum Gasteiger partial charge on any atom is -0.482 e. The SMILES string of the molecule is CC(=O)OCC(Oc1ccc(Oc2ccc(F)cc2)cc1)c1ccccc1. The van der Waals surface area contributed by atoms with E-state index < -0.39 is 6.10 Å². The Morgan fingerprint density at radius 3 is 2.00 bits per heavy atom. The maximum absolute atomic E-state index is 12.9. The topological polar surface area (TPSA) is 44.8 Å². The van der Waals surface area contributed by atoms with Crippen molar-refractivity contribution in [2.45, 2.75) is 13.0 Å². The van der Waals surface area contributed by atoms with Gasteiger partial charge in [0, 0.05) is 6.92 Å². The molecule has 3 aromatic carbocycles. The Morgan fingerprint density at radius 2 is 1.41 bits per heavy atom. The Labute approximate surface area is 157 Å². The minimum atomic E-state index is -0.418. The summed E-state index contributed by atoms with van der Waals surface area (Å²) in [5, 5.41) is 0. The smallest absolute Gasteiger partial charge is 0.302 e. The van der Waals surface area contributed by atoms with Crippen molar-refractivity contribution in [3.05, 3.63) is 90.2 Å². The maximum Gasteiger partial charge on any atom is 0.302 e. The van der Waals surface area contributed by atoms with Gasteiger partial charge in [0.1, 0.15) is 29.7 Å². The van der Waals surface area contributed by atoms with E-state index in [0.29, 0.717) is 17.2 Å². The number of carbonyl (C=O) groups is 1. The number of halogens is 1. The van der Waals surface area contributed by atoms with Crippen molar-refractivity contribution >= 4 is 5.97 Å². The second-order valence-electron chi connectivity index (χ2n) is 5.85. The van der Waals surface area contributed by atoms with Gasteiger partial charge in [-0.15, -0.1) is 0 Å². The summed E-state index contributed by atoms with van der Waals surface area (Å²) in [5.74, 6) is 1.09. The van der Waals surface area contributed by atoms with Gasteiger partial charge >= 0.3 is 5.97 Å². The molecule has 3 aromatic rings. The molecular weight excluding hydrogens is 347 g/mol. The van der Waals surface area contributed by atoms with Gasteiger partial charge in [-0.25, -0.2) is 4.39 Å². The van der Waals surface area contributed by atoms with E-state index in [4.69, 9.17) is 14.2 Å². The van der Waals surface area contributed by atoms with Gasteiger partial charge in [-0.2, -0.15) is 0 Å². The molecule has 0 aliphatic rings. The number of hydrogen-bond acceptors (Lipinski definition) is 4. The summed E-state index contributed by atoms with van der Waals surface area (Å²) in [6, 6.07) is 22.4. The van der Waals surface area contributed by atoms with E-state index in [0.717, 1.165) is 5.56 Å². The largest absolute Gasteiger partial charge is 0.482 e. The van der Waals surface area contributed by atoms with Crippen LogP contribution in [0.25, 0.3) is 0 Å². The zero-order valence-electron chi connectivity index (χ0n) is 14.8. The van der Waals surface area contributed by atoms with Crippen LogP contribution in [0.1, 0.15) is 18.6 Å². The third-order valence-electron chi connectivity index (χ3n) is 3.76. The predicted molar refractivity (Wildman–Crippen MR) is 99.4 cm³/mol. The molecule has 0 aliphatic heterocycles. The monoisotopic (exact) mass is 366 g/mol. The molecule has 0 saturated carbocycles. The molecule has 138 valence electrons. The van der Waals surface area contributed by atoms with Crippen LogP contribution in [-0.2, 0) is 9.53 Å². The summed E-state index contributed by atoms with van der Waals surface area (Å²) >= 11 is 0. The van der Waals surface area contributed by atoms with Crippen LogP contribution in [0.2, 0.25) is 0 Å². The molecule has 0 spiro atoms. The van der Waals surface area contributed by atoms with E-state index in [1.54, 1.807) is 36.4 Å². The number of benzene rings is 3. The van der Waals surface area contributed by atoms with E-state index in [2.05, 4.69) is 0 Å². The van der Waals surface area contributed by atoms with Gasteiger partial charge in [-0.3, -0.25) is 4.79 Å². The third-order valence-corrected chi connectivity index (χ3v) is 3.76. The fraction of sp³-hybridized carbons (Fsp3) is 0.136. The Hall–Kier alpha value is -3.34. The summed E-state index contributed by atoms with van der Waals surface area (Å²) in [4.78, 5) is 11.2. The molecule has 4 nitrogen and oxygen atoms in total. The summed E-state index contributed by atoms with van der Waals surface area (Å²) in [5.41, 5.74) is 0.908. The van der Waals surface area contributed by atoms with Crippen LogP contribution in [0.4, 0.5) is 4.39 Å². The lowest BCUT2D eigenvalue weighted by atomic mass is 10.1. The molecule has 0 heterocycles. The highest BCUT2D eigenvalue weighted by Gasteiger charge is 2.15. The quantitative estimate of drug-likeness (QED) is 0.532. The molecule has 0 radical (unpaired) electrons. The van der Waals surface area contributed by atoms with Gasteiger partial charge < -0.3 is 14.2 Å². The fourth-order valence-electron chi connectivity index (χ4n) is 2.45. The maximum atomic E-state index is 12.9. The van der Waals surface area contributed by atoms with Crippen molar-refractivity contribution in [1.82, 2.24) is 0 Å². The fourth-order valence-corrected chi connectivity index (χ4v) is 2.45. The van der Waals surface area contributed by atoms with Crippen molar-refractivity contribution in [2.75, 3.05) is 6.61 Å². The average Bonchev–Trinajstić information content (AvgIpc) is 2.69. The first-order valence-corrected chi connectivity index (χ1v) is 8.48. The molecule has 1 atom stereocenters. The van der Waals surface area contributed by atoms with Crippen molar-refractivity contribution < 1.29 is 23.4 Å². The number of rotatable bonds is 7. The van der Waals surface area contributed by atoms with Gasteiger partial charge in [-0.05, 0) is 54.1 Å². The van der Waals surface area contributed by atoms with Crippen molar-refractivity contribution in [2.24, 2.45) is 0 Å². The molecule has 0 amide bonds. The van der Waals surface area contributed by atoms with Gasteiger partial charge in [0.2, 0.25) is 0 Å². The molecule has 0 aliphatic carbocycles. The average molecular weight is 366 g/mol. The highest BCUT2D eigenvalue weighted by Crippen LogP contribution is 2.27. The molecule has 0 fully saturated rings. The number of hydrogen-bond donors (Lipinski definition) is 0. The lowest BCUT2D eigenvalue weighted by Gasteiger charge is -2.19. The van der Waals surface area contributed by atoms with Crippen molar-refractivity contribution in [3.8, 4) is 17.2 Å². The van der Waals surface area contributed by atoms with Gasteiger partial charge in [0.05, 0.1) is 0 Å². The summed E-state index contributed by atoms with van der Waals surface area (Å²) < 4.78 is 29.7. The molecule has 0 saturated heterocycles. The summed E-state index contributed by atoms with van der Waals surface area (Å²) in [6.07, 6.45) is -0.418. The molecule has 5 heteroatoms. The Bertz CT molecular complexity index is 861. The van der Waals surface area contributed by atoms with Crippen LogP contribution < -0.4 is 9.47 Å². The lowest BCUT2D eigenvalue weighted by Crippen LogP contribution is -2.16. The van der Waals surface area contributed by atoms with E-state index in [1.807, 2.05) is 30.3 Å². The van der Waals surface area contributed by atoms with E-state index in [9.17, 15) is 9.18 Å². The van der Waals surface area contributed by atoms with E-state index >= 15 is 0 Å². The van der Waals surface area contributed by atoms with Crippen LogP contribution in [0.3, 0.4) is 0 Å². The highest BCUT2D eigenvalue weighted by atomic mass is 19.1. The van der Waals surface area contributed by atoms with E-state index in [1.165, 1.54) is 19.1 Å². The Balaban J connectivity index is 1.68. The second kappa shape index (κ2) is 8.85. The third kappa shape index (κ3) is 5.57. The predicted octanol–water partition coefficient (Wildman–Crippen LogP) is 5.30. The molecule has 1 unspecified atom stereocenters. The Morgan fingerprint density at radius 1 is 0.852 bits per heavy atom. The zero-order chi connectivity index (χ0) is 19.1. The normalized spacial score (nSPS) is 11.5. The first kappa shape index (κ1) is 18.5. The van der Waals surface area contributed by atoms with Crippen LogP contribution in [0.15, 0.2) is 78.9 Å². The van der Waals surface area contributed by atoms with E-state index in [-0.39, 0.29) is 18.4 Å². The number of ether oxygens (including phenoxy) is 3. The molecule has 27 heavy (non-hydrogen) atoms. The minimum absolute atomic E-state index is 0.118. The van der Waals surface area contributed by atoms with Crippen LogP contribution in [0.5, 0.6) is 17.2 Å². The summed E-state index contributed by atoms with van der Waals surface area (Å²) in [6.45, 7) is 1.48. The zero-order valence-corrected chi connectivity index (χ0v) is 14.8. The van der Waals surface area contributed by atoms with Gasteiger partial charge in [0.25, 0.3) is 0 Å². The Kier molecular flexibility index (Phi) is 6.05. The van der Waals surface area contributed by atoms with Gasteiger partial charge in [-0.1, -0.05) is 30.3 Å². The number of esters is 1. The first-order valence-electron chi connectivity index (χ1n) is 8.48. The molecule has 3 rings (SSSR count). The molecule has 0 N–H and O–H groups in total. The highest BCUT2D eigenvalue weighted by molar-refractivity contribution is 5.65. The lowest BCUT2D eigenvalue weighted by molar-refractivity contribution is -0.143. The van der Waals surface area contributed by atoms with Crippen molar-refractivity contribution in [1.29, 1.82) is 0 Å². The van der Waals surface area contributed by atoms with Crippen LogP contribution in [0, 0.1) is 5.82 Å². The van der Waals surface area contributed by atoms with Crippen LogP contribution >= 0.6 is 0 Å².